The van der Waals surface area contributed by atoms with Crippen molar-refractivity contribution in [2.45, 2.75) is 31.2 Å². The summed E-state index contributed by atoms with van der Waals surface area (Å²) in [5, 5.41) is 18.8. The van der Waals surface area contributed by atoms with Crippen molar-refractivity contribution in [3.63, 3.8) is 0 Å². The minimum atomic E-state index is -0.990. The number of aliphatic imine (C=N–C) groups is 1. The van der Waals surface area contributed by atoms with Crippen molar-refractivity contribution in [1.29, 1.82) is 0 Å². The lowest BCUT2D eigenvalue weighted by atomic mass is 9.88. The van der Waals surface area contributed by atoms with Crippen LogP contribution in [0.3, 0.4) is 0 Å². The van der Waals surface area contributed by atoms with E-state index in [4.69, 9.17) is 0 Å². The van der Waals surface area contributed by atoms with Crippen LogP contribution in [0.25, 0.3) is 0 Å². The van der Waals surface area contributed by atoms with Crippen molar-refractivity contribution < 1.29 is 19.4 Å². The molecule has 0 unspecified atom stereocenters. The molecule has 0 aliphatic heterocycles. The molecule has 0 atom stereocenters. The molecule has 1 aliphatic carbocycles. The van der Waals surface area contributed by atoms with Crippen LogP contribution in [0.15, 0.2) is 15.5 Å². The summed E-state index contributed by atoms with van der Waals surface area (Å²) in [6.45, 7) is 0. The smallest absolute Gasteiger partial charge is 0.235 e. The van der Waals surface area contributed by atoms with Gasteiger partial charge in [-0.2, -0.15) is 4.99 Å². The number of aromatic hydroxyl groups is 2. The van der Waals surface area contributed by atoms with Gasteiger partial charge < -0.3 is 10.2 Å². The standard InChI is InChI=1S/C12H11BrFNO3/c13-7-5-8(17)11(18)10(14)9(7)12(15-6-16)3-1-2-4-12/h5,17-18H,1-4H2. The van der Waals surface area contributed by atoms with Gasteiger partial charge in [0.1, 0.15) is 5.54 Å². The number of benzene rings is 1. The minimum absolute atomic E-state index is 0.110. The molecule has 96 valence electrons. The van der Waals surface area contributed by atoms with Crippen molar-refractivity contribution in [2.75, 3.05) is 0 Å². The van der Waals surface area contributed by atoms with Crippen LogP contribution >= 0.6 is 15.9 Å². The minimum Gasteiger partial charge on any atom is -0.504 e. The molecule has 0 spiro atoms. The van der Waals surface area contributed by atoms with Crippen molar-refractivity contribution >= 4 is 22.0 Å². The molecule has 1 saturated carbocycles. The fourth-order valence-electron chi connectivity index (χ4n) is 2.49. The molecule has 0 amide bonds. The van der Waals surface area contributed by atoms with Gasteiger partial charge in [0.15, 0.2) is 17.3 Å². The van der Waals surface area contributed by atoms with E-state index >= 15 is 0 Å². The van der Waals surface area contributed by atoms with Crippen LogP contribution in [-0.4, -0.2) is 16.3 Å². The summed E-state index contributed by atoms with van der Waals surface area (Å²) in [4.78, 5) is 14.3. The summed E-state index contributed by atoms with van der Waals surface area (Å²) in [6.07, 6.45) is 4.15. The molecular formula is C12H11BrFNO3. The molecule has 18 heavy (non-hydrogen) atoms. The van der Waals surface area contributed by atoms with Crippen LogP contribution in [0, 0.1) is 5.82 Å². The Labute approximate surface area is 111 Å². The third kappa shape index (κ3) is 1.91. The molecule has 2 rings (SSSR count). The fourth-order valence-corrected chi connectivity index (χ4v) is 3.25. The van der Waals surface area contributed by atoms with Gasteiger partial charge in [0.05, 0.1) is 0 Å². The normalized spacial score (nSPS) is 17.4. The second-order valence-corrected chi connectivity index (χ2v) is 5.21. The number of nitrogens with zero attached hydrogens (tertiary/aromatic N) is 1. The predicted octanol–water partition coefficient (Wildman–Crippen LogP) is 3.10. The topological polar surface area (TPSA) is 69.9 Å². The van der Waals surface area contributed by atoms with Gasteiger partial charge in [-0.15, -0.1) is 0 Å². The fraction of sp³-hybridized carbons (Fsp3) is 0.417. The van der Waals surface area contributed by atoms with Crippen LogP contribution in [0.5, 0.6) is 11.5 Å². The van der Waals surface area contributed by atoms with E-state index in [2.05, 4.69) is 20.9 Å². The number of halogens is 2. The molecule has 1 aromatic carbocycles. The van der Waals surface area contributed by atoms with E-state index in [-0.39, 0.29) is 10.0 Å². The molecule has 0 saturated heterocycles. The van der Waals surface area contributed by atoms with Crippen molar-refractivity contribution in [1.82, 2.24) is 0 Å². The number of phenols is 2. The van der Waals surface area contributed by atoms with Gasteiger partial charge >= 0.3 is 0 Å². The predicted molar refractivity (Wildman–Crippen MR) is 65.7 cm³/mol. The molecule has 0 radical (unpaired) electrons. The highest BCUT2D eigenvalue weighted by Gasteiger charge is 2.40. The summed E-state index contributed by atoms with van der Waals surface area (Å²) in [5.41, 5.74) is -0.880. The summed E-state index contributed by atoms with van der Waals surface area (Å²) in [5.74, 6) is -2.31. The Balaban J connectivity index is 2.69. The van der Waals surface area contributed by atoms with Crippen molar-refractivity contribution in [3.05, 3.63) is 21.9 Å². The maximum absolute atomic E-state index is 14.1. The second-order valence-electron chi connectivity index (χ2n) is 4.36. The Bertz CT molecular complexity index is 535. The van der Waals surface area contributed by atoms with Gasteiger partial charge in [-0.3, -0.25) is 0 Å². The van der Waals surface area contributed by atoms with Gasteiger partial charge in [-0.05, 0) is 18.9 Å². The lowest BCUT2D eigenvalue weighted by Gasteiger charge is -2.25. The number of isocyanates is 1. The Morgan fingerprint density at radius 1 is 1.39 bits per heavy atom. The second kappa shape index (κ2) is 4.71. The molecule has 0 aromatic heterocycles. The van der Waals surface area contributed by atoms with Crippen LogP contribution in [0.2, 0.25) is 0 Å². The number of hydrogen-bond donors (Lipinski definition) is 2. The van der Waals surface area contributed by atoms with Gasteiger partial charge in [-0.25, -0.2) is 9.18 Å². The van der Waals surface area contributed by atoms with Crippen LogP contribution in [0.4, 0.5) is 4.39 Å². The quantitative estimate of drug-likeness (QED) is 0.500. The van der Waals surface area contributed by atoms with E-state index in [0.29, 0.717) is 12.8 Å². The monoisotopic (exact) mass is 315 g/mol. The SMILES string of the molecule is O=C=NC1(c2c(Br)cc(O)c(O)c2F)CCCC1. The van der Waals surface area contributed by atoms with E-state index in [0.717, 1.165) is 12.8 Å². The molecule has 0 bridgehead atoms. The molecule has 1 aliphatic rings. The zero-order valence-electron chi connectivity index (χ0n) is 9.41. The first-order chi connectivity index (χ1) is 8.52. The zero-order valence-corrected chi connectivity index (χ0v) is 11.0. The van der Waals surface area contributed by atoms with Gasteiger partial charge in [0.25, 0.3) is 0 Å². The zero-order chi connectivity index (χ0) is 13.3. The van der Waals surface area contributed by atoms with Crippen molar-refractivity contribution in [3.8, 4) is 11.5 Å². The molecule has 4 nitrogen and oxygen atoms in total. The van der Waals surface area contributed by atoms with Crippen LogP contribution < -0.4 is 0 Å². The summed E-state index contributed by atoms with van der Waals surface area (Å²) in [6, 6.07) is 1.20. The van der Waals surface area contributed by atoms with Gasteiger partial charge in [0.2, 0.25) is 6.08 Å². The number of hydrogen-bond acceptors (Lipinski definition) is 4. The highest BCUT2D eigenvalue weighted by Crippen LogP contribution is 2.49. The molecule has 1 fully saturated rings. The summed E-state index contributed by atoms with van der Waals surface area (Å²) < 4.78 is 14.4. The van der Waals surface area contributed by atoms with E-state index < -0.39 is 22.9 Å². The first-order valence-corrected chi connectivity index (χ1v) is 6.30. The number of phenolic OH excluding ortho intramolecular Hbond substituents is 2. The van der Waals surface area contributed by atoms with Gasteiger partial charge in [-0.1, -0.05) is 28.8 Å². The van der Waals surface area contributed by atoms with Gasteiger partial charge in [0, 0.05) is 10.0 Å². The first kappa shape index (κ1) is 13.1. The Morgan fingerprint density at radius 3 is 2.56 bits per heavy atom. The van der Waals surface area contributed by atoms with Crippen LogP contribution in [-0.2, 0) is 10.3 Å². The Morgan fingerprint density at radius 2 is 2.00 bits per heavy atom. The molecular weight excluding hydrogens is 305 g/mol. The summed E-state index contributed by atoms with van der Waals surface area (Å²) >= 11 is 3.15. The highest BCUT2D eigenvalue weighted by atomic mass is 79.9. The van der Waals surface area contributed by atoms with E-state index in [1.54, 1.807) is 0 Å². The number of carbonyl (C=O) groups excluding carboxylic acids is 1. The van der Waals surface area contributed by atoms with Crippen molar-refractivity contribution in [2.24, 2.45) is 4.99 Å². The highest BCUT2D eigenvalue weighted by molar-refractivity contribution is 9.10. The molecule has 6 heteroatoms. The lowest BCUT2D eigenvalue weighted by Crippen LogP contribution is -2.21. The summed E-state index contributed by atoms with van der Waals surface area (Å²) in [7, 11) is 0. The van der Waals surface area contributed by atoms with E-state index in [9.17, 15) is 19.4 Å². The Kier molecular flexibility index (Phi) is 3.41. The van der Waals surface area contributed by atoms with E-state index in [1.807, 2.05) is 0 Å². The number of rotatable bonds is 2. The maximum Gasteiger partial charge on any atom is 0.235 e. The first-order valence-electron chi connectivity index (χ1n) is 5.51. The van der Waals surface area contributed by atoms with Crippen LogP contribution in [0.1, 0.15) is 31.2 Å². The average molecular weight is 316 g/mol. The Hall–Kier alpha value is -1.39. The maximum atomic E-state index is 14.1. The molecule has 0 heterocycles. The largest absolute Gasteiger partial charge is 0.504 e. The molecule has 2 N–H and O–H groups in total. The van der Waals surface area contributed by atoms with E-state index in [1.165, 1.54) is 12.1 Å². The third-order valence-corrected chi connectivity index (χ3v) is 3.95. The molecule has 1 aromatic rings. The average Bonchev–Trinajstić information content (AvgIpc) is 2.76. The lowest BCUT2D eigenvalue weighted by molar-refractivity contribution is 0.360. The third-order valence-electron chi connectivity index (χ3n) is 3.33.